The zero-order chi connectivity index (χ0) is 29.5. The smallest absolute Gasteiger partial charge is 0.147 e. The Balaban J connectivity index is 0.00000124. The number of hydrogen-bond acceptors (Lipinski definition) is 3. The summed E-state index contributed by atoms with van der Waals surface area (Å²) in [6, 6.07) is 14.6. The van der Waals surface area contributed by atoms with Gasteiger partial charge in [0.1, 0.15) is 5.82 Å². The van der Waals surface area contributed by atoms with Crippen LogP contribution in [0.5, 0.6) is 0 Å². The Morgan fingerprint density at radius 2 is 1.71 bits per heavy atom. The van der Waals surface area contributed by atoms with Gasteiger partial charge in [-0.1, -0.05) is 97.7 Å². The third-order valence-corrected chi connectivity index (χ3v) is 7.98. The van der Waals surface area contributed by atoms with Crippen molar-refractivity contribution in [2.45, 2.75) is 79.6 Å². The van der Waals surface area contributed by atoms with E-state index in [2.05, 4.69) is 106 Å². The first-order valence-corrected chi connectivity index (χ1v) is 15.6. The molecule has 0 aliphatic carbocycles. The van der Waals surface area contributed by atoms with Gasteiger partial charge >= 0.3 is 0 Å². The average Bonchev–Trinajstić information content (AvgIpc) is 2.96. The molecule has 2 aliphatic rings. The summed E-state index contributed by atoms with van der Waals surface area (Å²) in [5.41, 5.74) is 8.39. The number of nitrogens with one attached hydrogen (secondary N) is 2. The highest BCUT2D eigenvalue weighted by atomic mass is 19.1. The number of nitrogens with zero attached hydrogens (tertiary/aromatic N) is 1. The highest BCUT2D eigenvalue weighted by Crippen LogP contribution is 2.51. The molecular weight excluding hydrogens is 505 g/mol. The monoisotopic (exact) mass is 553 g/mol. The van der Waals surface area contributed by atoms with Crippen LogP contribution < -0.4 is 15.5 Å². The molecule has 2 heterocycles. The summed E-state index contributed by atoms with van der Waals surface area (Å²) in [4.78, 5) is 2.24. The van der Waals surface area contributed by atoms with Crippen molar-refractivity contribution in [3.63, 3.8) is 0 Å². The first kappa shape index (κ1) is 30.4. The standard InChI is InChI=1S/C34H40FN3.C3H8/c1-6-8-11-22(3)14-16-36-24(5)30-21-38-32-19-26-13-10-9-12-25(26)17-27(32)18-29-33(37-15-7-2)31(35)20-28(23(30)4)34(29)38;1-3-2/h9-10,12-13,17,19-22,36-37H,4-8,11,14-16,18H2,1-3H3;3H2,1-2H3. The Bertz CT molecular complexity index is 1430. The predicted octanol–water partition coefficient (Wildman–Crippen LogP) is 10.5. The van der Waals surface area contributed by atoms with Crippen molar-refractivity contribution in [1.29, 1.82) is 0 Å². The Morgan fingerprint density at radius 3 is 2.39 bits per heavy atom. The molecule has 3 aromatic carbocycles. The van der Waals surface area contributed by atoms with Crippen LogP contribution in [0.3, 0.4) is 0 Å². The van der Waals surface area contributed by atoms with Crippen LogP contribution in [0.4, 0.5) is 21.5 Å². The van der Waals surface area contributed by atoms with E-state index in [0.29, 0.717) is 18.0 Å². The summed E-state index contributed by atoms with van der Waals surface area (Å²) in [6.07, 6.45) is 9.86. The van der Waals surface area contributed by atoms with E-state index in [1.807, 2.05) is 0 Å². The van der Waals surface area contributed by atoms with Crippen molar-refractivity contribution in [2.75, 3.05) is 23.3 Å². The number of unbranched alkanes of at least 4 members (excludes halogenated alkanes) is 1. The van der Waals surface area contributed by atoms with Crippen LogP contribution in [-0.2, 0) is 6.42 Å². The molecule has 0 saturated heterocycles. The van der Waals surface area contributed by atoms with Crippen molar-refractivity contribution in [3.8, 4) is 0 Å². The molecule has 3 aromatic rings. The van der Waals surface area contributed by atoms with Crippen molar-refractivity contribution in [2.24, 2.45) is 5.92 Å². The molecule has 0 fully saturated rings. The van der Waals surface area contributed by atoms with Crippen molar-refractivity contribution in [1.82, 2.24) is 5.32 Å². The van der Waals surface area contributed by atoms with Gasteiger partial charge < -0.3 is 15.5 Å². The molecule has 218 valence electrons. The quantitative estimate of drug-likeness (QED) is 0.247. The van der Waals surface area contributed by atoms with E-state index in [0.717, 1.165) is 65.3 Å². The zero-order valence-electron chi connectivity index (χ0n) is 25.8. The maximum Gasteiger partial charge on any atom is 0.147 e. The molecule has 0 amide bonds. The van der Waals surface area contributed by atoms with Crippen LogP contribution in [0.1, 0.15) is 89.8 Å². The fourth-order valence-electron chi connectivity index (χ4n) is 5.77. The second-order valence-corrected chi connectivity index (χ2v) is 11.6. The van der Waals surface area contributed by atoms with Crippen LogP contribution in [0, 0.1) is 11.7 Å². The lowest BCUT2D eigenvalue weighted by Gasteiger charge is -2.39. The minimum Gasteiger partial charge on any atom is -0.385 e. The molecule has 3 nitrogen and oxygen atoms in total. The second kappa shape index (κ2) is 13.9. The largest absolute Gasteiger partial charge is 0.385 e. The maximum absolute atomic E-state index is 15.6. The molecule has 1 unspecified atom stereocenters. The number of hydrogen-bond donors (Lipinski definition) is 2. The Morgan fingerprint density at radius 1 is 1.00 bits per heavy atom. The first-order valence-electron chi connectivity index (χ1n) is 15.6. The molecule has 4 heteroatoms. The lowest BCUT2D eigenvalue weighted by atomic mass is 9.84. The van der Waals surface area contributed by atoms with Crippen molar-refractivity contribution in [3.05, 3.63) is 95.6 Å². The van der Waals surface area contributed by atoms with Crippen LogP contribution in [0.15, 0.2) is 73.1 Å². The van der Waals surface area contributed by atoms with Gasteiger partial charge in [-0.05, 0) is 58.9 Å². The van der Waals surface area contributed by atoms with Gasteiger partial charge in [-0.2, -0.15) is 0 Å². The molecule has 0 radical (unpaired) electrons. The van der Waals surface area contributed by atoms with Crippen molar-refractivity contribution >= 4 is 33.4 Å². The minimum absolute atomic E-state index is 0.220. The van der Waals surface area contributed by atoms with E-state index >= 15 is 4.39 Å². The Hall–Kier alpha value is -3.53. The molecule has 0 bridgehead atoms. The number of allylic oxidation sites excluding steroid dienone is 1. The van der Waals surface area contributed by atoms with Gasteiger partial charge in [0.25, 0.3) is 0 Å². The van der Waals surface area contributed by atoms with Gasteiger partial charge in [-0.15, -0.1) is 0 Å². The van der Waals surface area contributed by atoms with Crippen LogP contribution >= 0.6 is 0 Å². The summed E-state index contributed by atoms with van der Waals surface area (Å²) in [5, 5.41) is 9.32. The number of anilines is 3. The van der Waals surface area contributed by atoms with Gasteiger partial charge in [0.2, 0.25) is 0 Å². The predicted molar refractivity (Wildman–Crippen MR) is 178 cm³/mol. The highest BCUT2D eigenvalue weighted by molar-refractivity contribution is 6.00. The summed E-state index contributed by atoms with van der Waals surface area (Å²) in [5.74, 6) is 0.453. The molecule has 0 spiro atoms. The van der Waals surface area contributed by atoms with Crippen LogP contribution in [0.25, 0.3) is 16.3 Å². The third kappa shape index (κ3) is 6.53. The summed E-state index contributed by atoms with van der Waals surface area (Å²) in [6.45, 7) is 21.3. The molecule has 2 aliphatic heterocycles. The van der Waals surface area contributed by atoms with Crippen LogP contribution in [0.2, 0.25) is 0 Å². The summed E-state index contributed by atoms with van der Waals surface area (Å²) < 4.78 is 15.6. The number of rotatable bonds is 11. The summed E-state index contributed by atoms with van der Waals surface area (Å²) in [7, 11) is 0. The average molecular weight is 554 g/mol. The van der Waals surface area contributed by atoms with Gasteiger partial charge in [-0.25, -0.2) is 4.39 Å². The lowest BCUT2D eigenvalue weighted by Crippen LogP contribution is -2.27. The van der Waals surface area contributed by atoms with Gasteiger partial charge in [-0.3, -0.25) is 0 Å². The van der Waals surface area contributed by atoms with Gasteiger partial charge in [0.15, 0.2) is 0 Å². The lowest BCUT2D eigenvalue weighted by molar-refractivity contribution is 0.465. The molecular formula is C37H48FN3. The van der Waals surface area contributed by atoms with Gasteiger partial charge in [0, 0.05) is 53.8 Å². The summed E-state index contributed by atoms with van der Waals surface area (Å²) >= 11 is 0. The normalized spacial score (nSPS) is 14.0. The van der Waals surface area contributed by atoms with Gasteiger partial charge in [0.05, 0.1) is 11.4 Å². The Kier molecular flexibility index (Phi) is 10.3. The fraction of sp³-hybridized carbons (Fsp3) is 0.405. The van der Waals surface area contributed by atoms with E-state index in [1.165, 1.54) is 42.0 Å². The first-order chi connectivity index (χ1) is 19.8. The molecule has 5 rings (SSSR count). The minimum atomic E-state index is -0.220. The molecule has 1 atom stereocenters. The molecule has 0 aromatic heterocycles. The molecule has 41 heavy (non-hydrogen) atoms. The highest BCUT2D eigenvalue weighted by Gasteiger charge is 2.33. The van der Waals surface area contributed by atoms with E-state index in [1.54, 1.807) is 6.07 Å². The molecule has 2 N–H and O–H groups in total. The number of fused-ring (bicyclic) bond motifs is 3. The third-order valence-electron chi connectivity index (χ3n) is 7.98. The Labute approximate surface area is 247 Å². The van der Waals surface area contributed by atoms with E-state index < -0.39 is 0 Å². The van der Waals surface area contributed by atoms with Crippen molar-refractivity contribution < 1.29 is 4.39 Å². The van der Waals surface area contributed by atoms with E-state index in [-0.39, 0.29) is 5.82 Å². The van der Waals surface area contributed by atoms with Crippen LogP contribution in [-0.4, -0.2) is 13.1 Å². The molecule has 0 saturated carbocycles. The van der Waals surface area contributed by atoms with E-state index in [4.69, 9.17) is 0 Å². The number of halogens is 1. The fourth-order valence-corrected chi connectivity index (χ4v) is 5.77. The number of benzene rings is 3. The topological polar surface area (TPSA) is 27.3 Å². The second-order valence-electron chi connectivity index (χ2n) is 11.6. The SMILES string of the molecule is C=C(NCCC(C)CCCC)C1=CN2c3cc4ccccc4cc3Cc3c(NCCC)c(F)cc(c32)C1=C.CCC. The zero-order valence-corrected chi connectivity index (χ0v) is 25.8. The van der Waals surface area contributed by atoms with E-state index in [9.17, 15) is 0 Å². The maximum atomic E-state index is 15.6.